The maximum absolute atomic E-state index is 13.0. The zero-order valence-corrected chi connectivity index (χ0v) is 23.4. The molecule has 1 aliphatic heterocycles. The molecule has 0 unspecified atom stereocenters. The van der Waals surface area contributed by atoms with Gasteiger partial charge in [-0.15, -0.1) is 0 Å². The molecule has 1 saturated heterocycles. The van der Waals surface area contributed by atoms with E-state index in [2.05, 4.69) is 33.9 Å². The van der Waals surface area contributed by atoms with Crippen LogP contribution in [0.4, 0.5) is 4.79 Å². The van der Waals surface area contributed by atoms with E-state index < -0.39 is 24.0 Å². The van der Waals surface area contributed by atoms with Crippen LogP contribution in [0.25, 0.3) is 0 Å². The van der Waals surface area contributed by atoms with Gasteiger partial charge in [-0.05, 0) is 62.9 Å². The molecule has 9 heteroatoms. The molecule has 1 aromatic carbocycles. The molecule has 1 aliphatic rings. The predicted octanol–water partition coefficient (Wildman–Crippen LogP) is 5.11. The van der Waals surface area contributed by atoms with Gasteiger partial charge in [0.15, 0.2) is 8.32 Å². The molecule has 188 valence electrons. The van der Waals surface area contributed by atoms with Crippen molar-refractivity contribution in [3.63, 3.8) is 0 Å². The smallest absolute Gasteiger partial charge is 0.410 e. The van der Waals surface area contributed by atoms with E-state index in [4.69, 9.17) is 13.3 Å². The Morgan fingerprint density at radius 3 is 2.09 bits per heavy atom. The highest BCUT2D eigenvalue weighted by molar-refractivity contribution is 7.85. The van der Waals surface area contributed by atoms with Gasteiger partial charge in [0.05, 0.1) is 19.0 Å². The van der Waals surface area contributed by atoms with Crippen LogP contribution < -0.4 is 0 Å². The minimum absolute atomic E-state index is 0.00893. The van der Waals surface area contributed by atoms with E-state index in [1.165, 1.54) is 0 Å². The molecule has 2 atom stereocenters. The van der Waals surface area contributed by atoms with E-state index in [9.17, 15) is 13.2 Å². The average molecular weight is 500 g/mol. The van der Waals surface area contributed by atoms with Gasteiger partial charge >= 0.3 is 6.09 Å². The standard InChI is InChI=1S/C24H41NO6SSi/c1-23(2,3)30-22(26)25-16-21(31-33(8,9)24(4,5)6)15-20(25)14-18-10-12-19(13-11-18)17-29-32(7,27)28/h10-13,20-21H,14-17H2,1-9H3/t20-,21-/m1/s1. The molecule has 0 bridgehead atoms. The molecule has 1 fully saturated rings. The van der Waals surface area contributed by atoms with Crippen molar-refractivity contribution >= 4 is 24.5 Å². The average Bonchev–Trinajstić information content (AvgIpc) is 3.00. The number of benzene rings is 1. The summed E-state index contributed by atoms with van der Waals surface area (Å²) >= 11 is 0. The van der Waals surface area contributed by atoms with Gasteiger partial charge in [-0.2, -0.15) is 8.42 Å². The minimum atomic E-state index is -3.48. The van der Waals surface area contributed by atoms with Crippen molar-refractivity contribution in [2.45, 2.75) is 96.9 Å². The van der Waals surface area contributed by atoms with Crippen LogP contribution in [0.15, 0.2) is 24.3 Å². The first kappa shape index (κ1) is 27.8. The maximum Gasteiger partial charge on any atom is 0.410 e. The fourth-order valence-electron chi connectivity index (χ4n) is 3.51. The lowest BCUT2D eigenvalue weighted by molar-refractivity contribution is 0.0210. The van der Waals surface area contributed by atoms with Gasteiger partial charge in [-0.3, -0.25) is 4.18 Å². The second kappa shape index (κ2) is 10.1. The molecule has 33 heavy (non-hydrogen) atoms. The highest BCUT2D eigenvalue weighted by Gasteiger charge is 2.44. The number of hydrogen-bond acceptors (Lipinski definition) is 6. The molecule has 7 nitrogen and oxygen atoms in total. The summed E-state index contributed by atoms with van der Waals surface area (Å²) in [6.07, 6.45) is 2.13. The van der Waals surface area contributed by atoms with Crippen LogP contribution in [0.5, 0.6) is 0 Å². The van der Waals surface area contributed by atoms with Gasteiger partial charge < -0.3 is 14.1 Å². The van der Waals surface area contributed by atoms with Crippen molar-refractivity contribution in [3.8, 4) is 0 Å². The summed E-state index contributed by atoms with van der Waals surface area (Å²) in [6.45, 7) is 17.3. The lowest BCUT2D eigenvalue weighted by Crippen LogP contribution is -2.45. The number of hydrogen-bond donors (Lipinski definition) is 0. The molecule has 0 aliphatic carbocycles. The Morgan fingerprint density at radius 2 is 1.61 bits per heavy atom. The molecule has 0 radical (unpaired) electrons. The highest BCUT2D eigenvalue weighted by atomic mass is 32.2. The first-order chi connectivity index (χ1) is 14.9. The summed E-state index contributed by atoms with van der Waals surface area (Å²) < 4.78 is 39.6. The third-order valence-electron chi connectivity index (χ3n) is 6.21. The molecular formula is C24H41NO6SSi. The number of nitrogens with zero attached hydrogens (tertiary/aromatic N) is 1. The van der Waals surface area contributed by atoms with E-state index in [1.54, 1.807) is 0 Å². The summed E-state index contributed by atoms with van der Waals surface area (Å²) in [5, 5.41) is 0.0890. The van der Waals surface area contributed by atoms with E-state index in [0.29, 0.717) is 13.0 Å². The first-order valence-electron chi connectivity index (χ1n) is 11.5. The van der Waals surface area contributed by atoms with Crippen molar-refractivity contribution in [2.24, 2.45) is 0 Å². The molecule has 0 saturated carbocycles. The molecule has 2 rings (SSSR count). The predicted molar refractivity (Wildman–Crippen MR) is 133 cm³/mol. The fourth-order valence-corrected chi connectivity index (χ4v) is 5.22. The number of carbonyl (C=O) groups excluding carboxylic acids is 1. The summed E-state index contributed by atoms with van der Waals surface area (Å²) in [5.41, 5.74) is 1.27. The van der Waals surface area contributed by atoms with Crippen LogP contribution >= 0.6 is 0 Å². The Balaban J connectivity index is 2.15. The SMILES string of the molecule is CC(C)(C)OC(=O)N1C[C@H](O[Si](C)(C)C(C)(C)C)C[C@H]1Cc1ccc(COS(C)(=O)=O)cc1. The molecule has 1 amide bonds. The van der Waals surface area contributed by atoms with Gasteiger partial charge in [0.1, 0.15) is 5.60 Å². The Labute approximate surface area is 201 Å². The quantitative estimate of drug-likeness (QED) is 0.383. The van der Waals surface area contributed by atoms with Crippen molar-refractivity contribution in [1.29, 1.82) is 0 Å². The van der Waals surface area contributed by atoms with Crippen molar-refractivity contribution in [1.82, 2.24) is 4.90 Å². The largest absolute Gasteiger partial charge is 0.444 e. The number of ether oxygens (including phenoxy) is 1. The van der Waals surface area contributed by atoms with Gasteiger partial charge in [0.2, 0.25) is 0 Å². The van der Waals surface area contributed by atoms with Crippen molar-refractivity contribution < 1.29 is 26.6 Å². The molecule has 1 heterocycles. The minimum Gasteiger partial charge on any atom is -0.444 e. The number of rotatable bonds is 7. The maximum atomic E-state index is 13.0. The van der Waals surface area contributed by atoms with E-state index in [1.807, 2.05) is 49.9 Å². The van der Waals surface area contributed by atoms with Gasteiger partial charge in [-0.1, -0.05) is 45.0 Å². The van der Waals surface area contributed by atoms with Crippen LogP contribution in [-0.2, 0) is 36.5 Å². The van der Waals surface area contributed by atoms with Crippen LogP contribution in [-0.4, -0.2) is 58.3 Å². The summed E-state index contributed by atoms with van der Waals surface area (Å²) in [6, 6.07) is 7.59. The Morgan fingerprint density at radius 1 is 1.06 bits per heavy atom. The summed E-state index contributed by atoms with van der Waals surface area (Å²) in [4.78, 5) is 14.8. The van der Waals surface area contributed by atoms with Gasteiger partial charge in [0.25, 0.3) is 10.1 Å². The monoisotopic (exact) mass is 499 g/mol. The van der Waals surface area contributed by atoms with Crippen LogP contribution in [0.2, 0.25) is 18.1 Å². The second-order valence-electron chi connectivity index (χ2n) is 11.5. The summed E-state index contributed by atoms with van der Waals surface area (Å²) in [7, 11) is -5.46. The molecule has 0 spiro atoms. The van der Waals surface area contributed by atoms with E-state index in [-0.39, 0.29) is 29.9 Å². The molecule has 0 aromatic heterocycles. The third kappa shape index (κ3) is 8.70. The third-order valence-corrected chi connectivity index (χ3v) is 11.3. The van der Waals surface area contributed by atoms with E-state index >= 15 is 0 Å². The first-order valence-corrected chi connectivity index (χ1v) is 16.2. The van der Waals surface area contributed by atoms with Gasteiger partial charge in [-0.25, -0.2) is 4.79 Å². The number of likely N-dealkylation sites (tertiary alicyclic amines) is 1. The van der Waals surface area contributed by atoms with Crippen molar-refractivity contribution in [3.05, 3.63) is 35.4 Å². The highest BCUT2D eigenvalue weighted by Crippen LogP contribution is 2.39. The zero-order chi connectivity index (χ0) is 25.2. The van der Waals surface area contributed by atoms with Crippen LogP contribution in [0, 0.1) is 0 Å². The fraction of sp³-hybridized carbons (Fsp3) is 0.708. The Hall–Kier alpha value is -1.42. The molecule has 1 aromatic rings. The van der Waals surface area contributed by atoms with Crippen LogP contribution in [0.1, 0.15) is 59.1 Å². The number of carbonyl (C=O) groups is 1. The summed E-state index contributed by atoms with van der Waals surface area (Å²) in [5.74, 6) is 0. The molecule has 0 N–H and O–H groups in total. The Bertz CT molecular complexity index is 916. The second-order valence-corrected chi connectivity index (χ2v) is 17.9. The Kier molecular flexibility index (Phi) is 8.48. The molecular weight excluding hydrogens is 458 g/mol. The normalized spacial score (nSPS) is 20.2. The lowest BCUT2D eigenvalue weighted by Gasteiger charge is -2.38. The van der Waals surface area contributed by atoms with Gasteiger partial charge in [0, 0.05) is 12.6 Å². The topological polar surface area (TPSA) is 82.1 Å². The lowest BCUT2D eigenvalue weighted by atomic mass is 10.0. The number of amides is 1. The van der Waals surface area contributed by atoms with E-state index in [0.717, 1.165) is 23.8 Å². The zero-order valence-electron chi connectivity index (χ0n) is 21.6. The van der Waals surface area contributed by atoms with Crippen LogP contribution in [0.3, 0.4) is 0 Å². The van der Waals surface area contributed by atoms with Crippen molar-refractivity contribution in [2.75, 3.05) is 12.8 Å².